The number of nitriles is 1. The van der Waals surface area contributed by atoms with Crippen molar-refractivity contribution >= 4 is 6.09 Å². The van der Waals surface area contributed by atoms with Crippen molar-refractivity contribution in [3.05, 3.63) is 47.5 Å². The second-order valence-electron chi connectivity index (χ2n) is 4.19. The maximum atomic E-state index is 11.8. The summed E-state index contributed by atoms with van der Waals surface area (Å²) < 4.78 is 5.21. The van der Waals surface area contributed by atoms with Gasteiger partial charge in [-0.15, -0.1) is 0 Å². The average molecular weight is 242 g/mol. The summed E-state index contributed by atoms with van der Waals surface area (Å²) in [4.78, 5) is 13.4. The van der Waals surface area contributed by atoms with Crippen LogP contribution in [-0.4, -0.2) is 23.6 Å². The van der Waals surface area contributed by atoms with Gasteiger partial charge in [-0.2, -0.15) is 5.26 Å². The lowest BCUT2D eigenvalue weighted by atomic mass is 9.98. The Labute approximate surface area is 106 Å². The van der Waals surface area contributed by atoms with Gasteiger partial charge in [-0.05, 0) is 18.1 Å². The fourth-order valence-corrected chi connectivity index (χ4v) is 1.83. The van der Waals surface area contributed by atoms with Crippen molar-refractivity contribution in [1.82, 2.24) is 4.90 Å². The summed E-state index contributed by atoms with van der Waals surface area (Å²) in [5.74, 6) is 0. The molecule has 0 saturated carbocycles. The van der Waals surface area contributed by atoms with Crippen LogP contribution >= 0.6 is 0 Å². The highest BCUT2D eigenvalue weighted by Gasteiger charge is 2.34. The minimum absolute atomic E-state index is 0.0343. The number of ether oxygens (including phenoxy) is 1. The van der Waals surface area contributed by atoms with Crippen LogP contribution in [0.15, 0.2) is 42.0 Å². The summed E-state index contributed by atoms with van der Waals surface area (Å²) in [5, 5.41) is 8.54. The maximum Gasteiger partial charge on any atom is 0.410 e. The molecule has 18 heavy (non-hydrogen) atoms. The van der Waals surface area contributed by atoms with Gasteiger partial charge in [0.15, 0.2) is 0 Å². The zero-order chi connectivity index (χ0) is 13.0. The molecule has 1 aliphatic heterocycles. The lowest BCUT2D eigenvalue weighted by Crippen LogP contribution is -2.51. The molecule has 1 fully saturated rings. The smallest absolute Gasteiger partial charge is 0.410 e. The summed E-state index contributed by atoms with van der Waals surface area (Å²) in [5.41, 5.74) is 1.93. The minimum atomic E-state index is -0.332. The number of amides is 1. The standard InChI is InChI=1S/C14H14N2O2/c1-11-13(7-8-15)9-16(11)14(17)18-10-12-5-3-2-4-6-12/h2-7,11H,9-10H2,1H3. The van der Waals surface area contributed by atoms with Gasteiger partial charge in [0.1, 0.15) is 6.61 Å². The number of benzene rings is 1. The third-order valence-corrected chi connectivity index (χ3v) is 3.05. The molecule has 0 spiro atoms. The van der Waals surface area contributed by atoms with Gasteiger partial charge in [0.05, 0.1) is 12.1 Å². The predicted molar refractivity (Wildman–Crippen MR) is 66.5 cm³/mol. The SMILES string of the molecule is CC1C(=CC#N)CN1C(=O)OCc1ccccc1. The van der Waals surface area contributed by atoms with Crippen LogP contribution in [0.25, 0.3) is 0 Å². The van der Waals surface area contributed by atoms with Crippen molar-refractivity contribution in [1.29, 1.82) is 5.26 Å². The number of carbonyl (C=O) groups is 1. The summed E-state index contributed by atoms with van der Waals surface area (Å²) in [7, 11) is 0. The number of nitrogens with zero attached hydrogens (tertiary/aromatic N) is 2. The highest BCUT2D eigenvalue weighted by molar-refractivity contribution is 5.71. The fourth-order valence-electron chi connectivity index (χ4n) is 1.83. The lowest BCUT2D eigenvalue weighted by Gasteiger charge is -2.39. The molecule has 4 nitrogen and oxygen atoms in total. The number of likely N-dealkylation sites (tertiary alicyclic amines) is 1. The number of allylic oxidation sites excluding steroid dienone is 1. The van der Waals surface area contributed by atoms with Gasteiger partial charge in [-0.1, -0.05) is 30.3 Å². The quantitative estimate of drug-likeness (QED) is 0.748. The number of hydrogen-bond acceptors (Lipinski definition) is 3. The molecule has 0 aliphatic carbocycles. The Morgan fingerprint density at radius 3 is 2.89 bits per heavy atom. The van der Waals surface area contributed by atoms with Gasteiger partial charge < -0.3 is 4.74 Å². The molecular formula is C14H14N2O2. The van der Waals surface area contributed by atoms with Gasteiger partial charge in [0, 0.05) is 12.6 Å². The lowest BCUT2D eigenvalue weighted by molar-refractivity contribution is 0.0736. The Morgan fingerprint density at radius 1 is 1.56 bits per heavy atom. The Hall–Kier alpha value is -2.28. The number of rotatable bonds is 2. The van der Waals surface area contributed by atoms with Gasteiger partial charge in [-0.25, -0.2) is 4.79 Å². The van der Waals surface area contributed by atoms with E-state index < -0.39 is 0 Å². The first-order valence-corrected chi connectivity index (χ1v) is 5.78. The van der Waals surface area contributed by atoms with E-state index in [0.29, 0.717) is 6.54 Å². The molecule has 0 radical (unpaired) electrons. The highest BCUT2D eigenvalue weighted by Crippen LogP contribution is 2.24. The molecule has 1 amide bonds. The minimum Gasteiger partial charge on any atom is -0.445 e. The molecule has 1 aliphatic rings. The molecule has 1 atom stereocenters. The van der Waals surface area contributed by atoms with Crippen LogP contribution in [0, 0.1) is 11.3 Å². The molecule has 1 heterocycles. The van der Waals surface area contributed by atoms with E-state index in [2.05, 4.69) is 0 Å². The average Bonchev–Trinajstić information content (AvgIpc) is 2.41. The summed E-state index contributed by atoms with van der Waals surface area (Å²) in [6.07, 6.45) is 1.16. The summed E-state index contributed by atoms with van der Waals surface area (Å²) in [6, 6.07) is 11.5. The summed E-state index contributed by atoms with van der Waals surface area (Å²) in [6.45, 7) is 2.65. The van der Waals surface area contributed by atoms with Gasteiger partial charge in [0.2, 0.25) is 0 Å². The van der Waals surface area contributed by atoms with Gasteiger partial charge in [0.25, 0.3) is 0 Å². The molecule has 1 unspecified atom stereocenters. The molecule has 0 bridgehead atoms. The van der Waals surface area contributed by atoms with Crippen molar-refractivity contribution in [3.63, 3.8) is 0 Å². The molecule has 0 N–H and O–H groups in total. The van der Waals surface area contributed by atoms with Crippen LogP contribution < -0.4 is 0 Å². The first-order valence-electron chi connectivity index (χ1n) is 5.78. The van der Waals surface area contributed by atoms with Crippen LogP contribution in [0.4, 0.5) is 4.79 Å². The first kappa shape index (κ1) is 12.2. The van der Waals surface area contributed by atoms with Gasteiger partial charge >= 0.3 is 6.09 Å². The van der Waals surface area contributed by atoms with E-state index in [4.69, 9.17) is 10.00 Å². The summed E-state index contributed by atoms with van der Waals surface area (Å²) >= 11 is 0. The van der Waals surface area contributed by atoms with Crippen LogP contribution in [-0.2, 0) is 11.3 Å². The zero-order valence-corrected chi connectivity index (χ0v) is 10.2. The zero-order valence-electron chi connectivity index (χ0n) is 10.2. The van der Waals surface area contributed by atoms with Crippen molar-refractivity contribution in [2.45, 2.75) is 19.6 Å². The van der Waals surface area contributed by atoms with E-state index in [9.17, 15) is 4.79 Å². The van der Waals surface area contributed by atoms with Crippen LogP contribution in [0.2, 0.25) is 0 Å². The monoisotopic (exact) mass is 242 g/mol. The topological polar surface area (TPSA) is 53.3 Å². The Balaban J connectivity index is 1.84. The Morgan fingerprint density at radius 2 is 2.28 bits per heavy atom. The highest BCUT2D eigenvalue weighted by atomic mass is 16.6. The third-order valence-electron chi connectivity index (χ3n) is 3.05. The van der Waals surface area contributed by atoms with E-state index in [1.54, 1.807) is 4.90 Å². The van der Waals surface area contributed by atoms with Crippen molar-refractivity contribution in [3.8, 4) is 6.07 Å². The van der Waals surface area contributed by atoms with Crippen molar-refractivity contribution < 1.29 is 9.53 Å². The molecule has 0 aromatic heterocycles. The molecular weight excluding hydrogens is 228 g/mol. The second-order valence-corrected chi connectivity index (χ2v) is 4.19. The normalized spacial score (nSPS) is 20.1. The van der Waals surface area contributed by atoms with E-state index in [1.165, 1.54) is 6.08 Å². The number of hydrogen-bond donors (Lipinski definition) is 0. The van der Waals surface area contributed by atoms with E-state index >= 15 is 0 Å². The molecule has 1 saturated heterocycles. The Bertz CT molecular complexity index is 502. The molecule has 1 aromatic rings. The van der Waals surface area contributed by atoms with Crippen molar-refractivity contribution in [2.75, 3.05) is 6.54 Å². The van der Waals surface area contributed by atoms with Crippen LogP contribution in [0.3, 0.4) is 0 Å². The van der Waals surface area contributed by atoms with E-state index in [0.717, 1.165) is 11.1 Å². The molecule has 1 aromatic carbocycles. The van der Waals surface area contributed by atoms with Crippen LogP contribution in [0.5, 0.6) is 0 Å². The fraction of sp³-hybridized carbons (Fsp3) is 0.286. The molecule has 92 valence electrons. The van der Waals surface area contributed by atoms with Crippen LogP contribution in [0.1, 0.15) is 12.5 Å². The van der Waals surface area contributed by atoms with E-state index in [1.807, 2.05) is 43.3 Å². The third kappa shape index (κ3) is 2.51. The first-order chi connectivity index (χ1) is 8.72. The largest absolute Gasteiger partial charge is 0.445 e. The molecule has 2 rings (SSSR count). The molecule has 4 heteroatoms. The van der Waals surface area contributed by atoms with E-state index in [-0.39, 0.29) is 18.7 Å². The van der Waals surface area contributed by atoms with Gasteiger partial charge in [-0.3, -0.25) is 4.90 Å². The maximum absolute atomic E-state index is 11.8. The Kier molecular flexibility index (Phi) is 3.63. The predicted octanol–water partition coefficient (Wildman–Crippen LogP) is 2.48. The second kappa shape index (κ2) is 5.37. The van der Waals surface area contributed by atoms with Crippen molar-refractivity contribution in [2.24, 2.45) is 0 Å². The number of carbonyl (C=O) groups excluding carboxylic acids is 1.